The highest BCUT2D eigenvalue weighted by atomic mass is 16.6. The number of rotatable bonds is 13. The highest BCUT2D eigenvalue weighted by Gasteiger charge is 2.58. The minimum atomic E-state index is -1.51. The molecule has 2 saturated heterocycles. The fourth-order valence-corrected chi connectivity index (χ4v) is 9.63. The Kier molecular flexibility index (Phi) is 12.1. The number of nitrogens with zero attached hydrogens (tertiary/aromatic N) is 6. The van der Waals surface area contributed by atoms with Gasteiger partial charge in [0.05, 0.1) is 44.4 Å². The molecule has 7 aromatic rings. The summed E-state index contributed by atoms with van der Waals surface area (Å²) in [5, 5.41) is 45.7. The van der Waals surface area contributed by atoms with E-state index in [4.69, 9.17) is 23.7 Å². The monoisotopic (exact) mass is 882 g/mol. The zero-order valence-electron chi connectivity index (χ0n) is 36.4. The van der Waals surface area contributed by atoms with Gasteiger partial charge in [0.15, 0.2) is 11.6 Å². The fourth-order valence-electron chi connectivity index (χ4n) is 9.63. The van der Waals surface area contributed by atoms with Crippen molar-refractivity contribution in [2.45, 2.75) is 94.3 Å². The summed E-state index contributed by atoms with van der Waals surface area (Å²) in [5.41, 5.74) is 6.62. The second kappa shape index (κ2) is 18.2. The van der Waals surface area contributed by atoms with Gasteiger partial charge < -0.3 is 49.6 Å². The van der Waals surface area contributed by atoms with Crippen LogP contribution in [-0.2, 0) is 56.3 Å². The Hall–Kier alpha value is -5.82. The van der Waals surface area contributed by atoms with Crippen molar-refractivity contribution in [3.63, 3.8) is 0 Å². The van der Waals surface area contributed by atoms with E-state index in [0.717, 1.165) is 76.5 Å². The fraction of sp³-hybridized carbons (Fsp3) is 0.388. The molecular formula is C49H54N8O8. The van der Waals surface area contributed by atoms with Crippen molar-refractivity contribution in [1.29, 1.82) is 0 Å². The molecule has 0 spiro atoms. The SMILES string of the molecule is C[C@@]1(O)[C@H](O)[C@@H](CO)O[C@H]1c1cc2c3c(ncnn13)NCC2.C[C@@]1(OCc2ccccc2)[C@H](OCc2ccccc2)[C@@H](COCc2ccccc2)O[C@H]1c1cc2c3c(ncnn13)NCC2. The topological polar surface area (TPSA) is 191 Å². The smallest absolute Gasteiger partial charge is 0.154 e. The number of benzene rings is 3. The normalized spacial score (nSPS) is 26.7. The number of ether oxygens (including phenoxy) is 5. The molecule has 5 N–H and O–H groups in total. The van der Waals surface area contributed by atoms with Crippen molar-refractivity contribution in [1.82, 2.24) is 29.2 Å². The van der Waals surface area contributed by atoms with Gasteiger partial charge in [0.2, 0.25) is 0 Å². The third-order valence-electron chi connectivity index (χ3n) is 13.0. The van der Waals surface area contributed by atoms with Crippen molar-refractivity contribution in [3.05, 3.63) is 155 Å². The highest BCUT2D eigenvalue weighted by Crippen LogP contribution is 2.48. The Labute approximate surface area is 376 Å². The summed E-state index contributed by atoms with van der Waals surface area (Å²) >= 11 is 0. The van der Waals surface area contributed by atoms with Gasteiger partial charge in [-0.25, -0.2) is 19.0 Å². The van der Waals surface area contributed by atoms with Crippen LogP contribution in [0.4, 0.5) is 11.6 Å². The Bertz CT molecular complexity index is 2720. The van der Waals surface area contributed by atoms with Gasteiger partial charge in [0.1, 0.15) is 71.5 Å². The standard InChI is InChI=1S/C35H36N4O4.C14H18N4O4/c1-35(42-22-27-15-9-4-10-16-27)32(29-19-28-17-18-36-34-31(28)39(29)38-24-37-34)43-30(23-40-20-25-11-5-2-6-12-25)33(35)41-21-26-13-7-3-8-14-26;1-14(21)11(20)9(5-19)22-12(14)8-4-7-2-3-15-13-10(7)18(8)17-6-16-13/h2-16,19,24,30,32-33H,17-18,20-23H2,1H3,(H,36,37,38);4,6,9,11-12,19-21H,2-3,5H2,1H3,(H,15,16,17)/t30-,32+,33-,35+;9-,11-,12+,14-/m11/s1. The lowest BCUT2D eigenvalue weighted by Gasteiger charge is -2.35. The number of nitrogens with one attached hydrogen (secondary N) is 2. The molecule has 4 aliphatic rings. The summed E-state index contributed by atoms with van der Waals surface area (Å²) < 4.78 is 36.2. The zero-order chi connectivity index (χ0) is 44.5. The summed E-state index contributed by atoms with van der Waals surface area (Å²) in [6.45, 7) is 6.55. The number of hydrogen-bond acceptors (Lipinski definition) is 14. The molecule has 0 unspecified atom stereocenters. The third kappa shape index (κ3) is 8.25. The van der Waals surface area contributed by atoms with Gasteiger partial charge in [-0.3, -0.25) is 0 Å². The van der Waals surface area contributed by atoms with Gasteiger partial charge in [-0.1, -0.05) is 91.0 Å². The molecule has 4 aromatic heterocycles. The van der Waals surface area contributed by atoms with Gasteiger partial charge >= 0.3 is 0 Å². The lowest BCUT2D eigenvalue weighted by Crippen LogP contribution is -2.47. The van der Waals surface area contributed by atoms with Crippen LogP contribution in [0.2, 0.25) is 0 Å². The molecule has 8 heterocycles. The van der Waals surface area contributed by atoms with Crippen molar-refractivity contribution in [3.8, 4) is 0 Å². The van der Waals surface area contributed by atoms with Crippen LogP contribution in [-0.4, -0.2) is 106 Å². The first-order valence-corrected chi connectivity index (χ1v) is 22.2. The quantitative estimate of drug-likeness (QED) is 0.102. The van der Waals surface area contributed by atoms with Crippen molar-refractivity contribution >= 4 is 22.7 Å². The minimum absolute atomic E-state index is 0.354. The molecular weight excluding hydrogens is 829 g/mol. The maximum Gasteiger partial charge on any atom is 0.154 e. The van der Waals surface area contributed by atoms with Crippen molar-refractivity contribution in [2.75, 3.05) is 36.9 Å². The molecule has 8 atom stereocenters. The van der Waals surface area contributed by atoms with Crippen LogP contribution >= 0.6 is 0 Å². The van der Waals surface area contributed by atoms with E-state index in [0.29, 0.717) is 32.1 Å². The van der Waals surface area contributed by atoms with E-state index in [-0.39, 0.29) is 12.7 Å². The van der Waals surface area contributed by atoms with E-state index >= 15 is 0 Å². The van der Waals surface area contributed by atoms with E-state index in [1.807, 2.05) is 65.2 Å². The molecule has 0 saturated carbocycles. The average molecular weight is 883 g/mol. The van der Waals surface area contributed by atoms with Crippen LogP contribution in [0.3, 0.4) is 0 Å². The summed E-state index contributed by atoms with van der Waals surface area (Å²) in [4.78, 5) is 8.72. The summed E-state index contributed by atoms with van der Waals surface area (Å²) in [6.07, 6.45) is 0.714. The molecule has 16 nitrogen and oxygen atoms in total. The Balaban J connectivity index is 0.000000189. The van der Waals surface area contributed by atoms with E-state index < -0.39 is 41.7 Å². The molecule has 2 fully saturated rings. The lowest BCUT2D eigenvalue weighted by atomic mass is 9.90. The summed E-state index contributed by atoms with van der Waals surface area (Å²) in [5.74, 6) is 1.59. The minimum Gasteiger partial charge on any atom is -0.394 e. The third-order valence-corrected chi connectivity index (χ3v) is 13.0. The lowest BCUT2D eigenvalue weighted by molar-refractivity contribution is -0.148. The molecule has 3 aromatic carbocycles. The predicted molar refractivity (Wildman–Crippen MR) is 240 cm³/mol. The van der Waals surface area contributed by atoms with Crippen LogP contribution in [0.25, 0.3) is 11.0 Å². The van der Waals surface area contributed by atoms with E-state index in [1.54, 1.807) is 10.8 Å². The van der Waals surface area contributed by atoms with E-state index in [1.165, 1.54) is 18.8 Å². The van der Waals surface area contributed by atoms with Crippen LogP contribution in [0.1, 0.15) is 65.3 Å². The van der Waals surface area contributed by atoms with Gasteiger partial charge in [-0.2, -0.15) is 10.2 Å². The maximum atomic E-state index is 10.6. The Morgan fingerprint density at radius 3 is 1.74 bits per heavy atom. The van der Waals surface area contributed by atoms with E-state index in [9.17, 15) is 15.3 Å². The summed E-state index contributed by atoms with van der Waals surface area (Å²) in [6, 6.07) is 34.7. The summed E-state index contributed by atoms with van der Waals surface area (Å²) in [7, 11) is 0. The van der Waals surface area contributed by atoms with Crippen LogP contribution in [0.5, 0.6) is 0 Å². The molecule has 0 radical (unpaired) electrons. The van der Waals surface area contributed by atoms with Crippen molar-refractivity contribution < 1.29 is 39.0 Å². The number of aliphatic hydroxyl groups is 3. The molecule has 0 amide bonds. The van der Waals surface area contributed by atoms with Gasteiger partial charge in [0.25, 0.3) is 0 Å². The first-order chi connectivity index (χ1) is 31.7. The maximum absolute atomic E-state index is 10.6. The second-order valence-corrected chi connectivity index (χ2v) is 17.4. The van der Waals surface area contributed by atoms with Gasteiger partial charge in [-0.05, 0) is 66.6 Å². The first kappa shape index (κ1) is 43.1. The molecule has 338 valence electrons. The van der Waals surface area contributed by atoms with Crippen LogP contribution in [0, 0.1) is 0 Å². The molecule has 16 heteroatoms. The first-order valence-electron chi connectivity index (χ1n) is 22.2. The molecule has 4 aliphatic heterocycles. The highest BCUT2D eigenvalue weighted by molar-refractivity contribution is 5.76. The van der Waals surface area contributed by atoms with Crippen LogP contribution < -0.4 is 10.6 Å². The molecule has 11 rings (SSSR count). The van der Waals surface area contributed by atoms with Crippen molar-refractivity contribution in [2.24, 2.45) is 0 Å². The van der Waals surface area contributed by atoms with Gasteiger partial charge in [-0.15, -0.1) is 0 Å². The molecule has 0 aliphatic carbocycles. The zero-order valence-corrected chi connectivity index (χ0v) is 36.4. The molecule has 65 heavy (non-hydrogen) atoms. The van der Waals surface area contributed by atoms with Gasteiger partial charge in [0, 0.05) is 13.1 Å². The number of anilines is 2. The van der Waals surface area contributed by atoms with E-state index in [2.05, 4.69) is 80.2 Å². The Morgan fingerprint density at radius 2 is 1.20 bits per heavy atom. The number of aromatic nitrogens is 6. The Morgan fingerprint density at radius 1 is 0.692 bits per heavy atom. The number of hydrogen-bond donors (Lipinski definition) is 5. The molecule has 0 bridgehead atoms. The second-order valence-electron chi connectivity index (χ2n) is 17.4. The number of aliphatic hydroxyl groups excluding tert-OH is 2. The van der Waals surface area contributed by atoms with Crippen LogP contribution in [0.15, 0.2) is 116 Å². The predicted octanol–water partition coefficient (Wildman–Crippen LogP) is 5.16. The largest absolute Gasteiger partial charge is 0.394 e. The average Bonchev–Trinajstić information content (AvgIpc) is 4.05.